The van der Waals surface area contributed by atoms with Gasteiger partial charge in [0.1, 0.15) is 5.92 Å². The third kappa shape index (κ3) is 5.42. The summed E-state index contributed by atoms with van der Waals surface area (Å²) in [5.41, 5.74) is 2.80. The van der Waals surface area contributed by atoms with Crippen molar-refractivity contribution < 1.29 is 19.4 Å². The fraction of sp³-hybridized carbons (Fsp3) is 0.552. The molecule has 8 heteroatoms. The van der Waals surface area contributed by atoms with Crippen LogP contribution in [0.3, 0.4) is 0 Å². The first-order valence-corrected chi connectivity index (χ1v) is 13.9. The van der Waals surface area contributed by atoms with E-state index in [9.17, 15) is 14.7 Å². The predicted octanol–water partition coefficient (Wildman–Crippen LogP) is 5.19. The molecule has 1 spiro atoms. The van der Waals surface area contributed by atoms with E-state index < -0.39 is 11.9 Å². The van der Waals surface area contributed by atoms with Gasteiger partial charge in [0.2, 0.25) is 5.91 Å². The summed E-state index contributed by atoms with van der Waals surface area (Å²) in [6.45, 7) is 2.77. The molecule has 2 aliphatic heterocycles. The average molecular weight is 526 g/mol. The zero-order chi connectivity index (χ0) is 26.0. The zero-order valence-corrected chi connectivity index (χ0v) is 22.3. The minimum Gasteiger partial charge on any atom is -0.489 e. The number of carboxylic acids is 1. The van der Waals surface area contributed by atoms with Crippen molar-refractivity contribution >= 4 is 29.3 Å². The molecule has 198 valence electrons. The van der Waals surface area contributed by atoms with E-state index in [4.69, 9.17) is 21.3 Å². The summed E-state index contributed by atoms with van der Waals surface area (Å²) in [6, 6.07) is 9.78. The number of aryl methyl sites for hydroxylation is 1. The molecule has 1 aliphatic carbocycles. The van der Waals surface area contributed by atoms with Gasteiger partial charge in [-0.3, -0.25) is 9.59 Å². The Morgan fingerprint density at radius 1 is 1.11 bits per heavy atom. The zero-order valence-electron chi connectivity index (χ0n) is 21.5. The molecule has 5 rings (SSSR count). The highest BCUT2D eigenvalue weighted by atomic mass is 35.5. The molecule has 2 bridgehead atoms. The first-order chi connectivity index (χ1) is 17.9. The number of aromatic nitrogens is 1. The quantitative estimate of drug-likeness (QED) is 0.551. The number of carboxylic acid groups (broad SMARTS) is 1. The molecule has 0 unspecified atom stereocenters. The largest absolute Gasteiger partial charge is 0.489 e. The van der Waals surface area contributed by atoms with E-state index in [-0.39, 0.29) is 17.7 Å². The normalized spacial score (nSPS) is 24.9. The number of anilines is 1. The van der Waals surface area contributed by atoms with Crippen LogP contribution in [0.1, 0.15) is 74.1 Å². The SMILES string of the molecule is CN1CCCCCCCN2C[C@@]3(CCCc4cc(Cl)ccc43)COc3ccc(nc32)[C@H](C(=O)O)CC1=O. The van der Waals surface area contributed by atoms with E-state index in [0.29, 0.717) is 30.4 Å². The van der Waals surface area contributed by atoms with Crippen LogP contribution >= 0.6 is 11.6 Å². The lowest BCUT2D eigenvalue weighted by Gasteiger charge is -2.40. The summed E-state index contributed by atoms with van der Waals surface area (Å²) in [6.07, 6.45) is 8.19. The van der Waals surface area contributed by atoms with Gasteiger partial charge in [-0.05, 0) is 67.5 Å². The van der Waals surface area contributed by atoms with Gasteiger partial charge >= 0.3 is 5.97 Å². The predicted molar refractivity (Wildman–Crippen MR) is 144 cm³/mol. The Morgan fingerprint density at radius 3 is 2.70 bits per heavy atom. The highest BCUT2D eigenvalue weighted by Crippen LogP contribution is 2.44. The van der Waals surface area contributed by atoms with Gasteiger partial charge in [0, 0.05) is 43.5 Å². The van der Waals surface area contributed by atoms with E-state index in [2.05, 4.69) is 17.0 Å². The number of hydrogen-bond acceptors (Lipinski definition) is 5. The molecule has 2 aromatic rings. The number of pyridine rings is 1. The number of aliphatic carboxylic acids is 1. The Labute approximate surface area is 223 Å². The minimum atomic E-state index is -1.03. The van der Waals surface area contributed by atoms with Crippen LogP contribution in [0.2, 0.25) is 5.02 Å². The molecule has 2 atom stereocenters. The monoisotopic (exact) mass is 525 g/mol. The Hall–Kier alpha value is -2.80. The fourth-order valence-corrected chi connectivity index (χ4v) is 6.37. The van der Waals surface area contributed by atoms with E-state index >= 15 is 0 Å². The summed E-state index contributed by atoms with van der Waals surface area (Å²) < 4.78 is 6.45. The van der Waals surface area contributed by atoms with Crippen LogP contribution in [0, 0.1) is 0 Å². The first-order valence-electron chi connectivity index (χ1n) is 13.5. The molecule has 0 saturated heterocycles. The van der Waals surface area contributed by atoms with Crippen molar-refractivity contribution in [3.63, 3.8) is 0 Å². The second kappa shape index (κ2) is 10.9. The maximum atomic E-state index is 12.8. The van der Waals surface area contributed by atoms with Crippen molar-refractivity contribution in [2.45, 2.75) is 69.1 Å². The topological polar surface area (TPSA) is 83.0 Å². The standard InChI is InChI=1S/C29H36ClN3O4/c1-32-14-5-3-2-4-6-15-33-18-29(13-7-8-20-16-21(30)9-10-23(20)29)19-37-25-12-11-24(31-27(25)33)22(28(35)36)17-26(32)34/h9-12,16,22H,2-8,13-15,17-19H2,1H3,(H,35,36)/t22-,29+/m1/s1. The number of ether oxygens (including phenoxy) is 1. The highest BCUT2D eigenvalue weighted by molar-refractivity contribution is 6.30. The number of nitrogens with zero attached hydrogens (tertiary/aromatic N) is 3. The van der Waals surface area contributed by atoms with E-state index in [1.54, 1.807) is 18.0 Å². The van der Waals surface area contributed by atoms with E-state index in [1.165, 1.54) is 11.1 Å². The second-order valence-electron chi connectivity index (χ2n) is 10.9. The van der Waals surface area contributed by atoms with Crippen LogP contribution in [-0.4, -0.2) is 60.2 Å². The highest BCUT2D eigenvalue weighted by Gasteiger charge is 2.42. The van der Waals surface area contributed by atoms with Crippen molar-refractivity contribution in [3.8, 4) is 5.75 Å². The van der Waals surface area contributed by atoms with Gasteiger partial charge in [-0.2, -0.15) is 0 Å². The number of carbonyl (C=O) groups is 2. The van der Waals surface area contributed by atoms with Gasteiger partial charge < -0.3 is 19.6 Å². The van der Waals surface area contributed by atoms with Gasteiger partial charge in [-0.25, -0.2) is 4.98 Å². The van der Waals surface area contributed by atoms with Crippen molar-refractivity contribution in [3.05, 3.63) is 52.2 Å². The van der Waals surface area contributed by atoms with Crippen LogP contribution in [0.4, 0.5) is 5.82 Å². The molecule has 1 aromatic carbocycles. The molecule has 0 fully saturated rings. The first kappa shape index (κ1) is 25.8. The molecule has 1 N–H and O–H groups in total. The third-order valence-corrected chi connectivity index (χ3v) is 8.51. The number of halogens is 1. The molecule has 3 heterocycles. The number of rotatable bonds is 1. The molecule has 1 amide bonds. The molecule has 3 aliphatic rings. The summed E-state index contributed by atoms with van der Waals surface area (Å²) in [5.74, 6) is -0.823. The number of amides is 1. The van der Waals surface area contributed by atoms with Crippen molar-refractivity contribution in [2.75, 3.05) is 38.2 Å². The number of fused-ring (bicyclic) bond motifs is 3. The second-order valence-corrected chi connectivity index (χ2v) is 11.3. The molecule has 0 radical (unpaired) electrons. The maximum Gasteiger partial charge on any atom is 0.313 e. The molecule has 1 aromatic heterocycles. The average Bonchev–Trinajstić information content (AvgIpc) is 3.03. The lowest BCUT2D eigenvalue weighted by Crippen LogP contribution is -2.46. The van der Waals surface area contributed by atoms with E-state index in [0.717, 1.165) is 69.5 Å². The number of benzene rings is 1. The Morgan fingerprint density at radius 2 is 1.89 bits per heavy atom. The lowest BCUT2D eigenvalue weighted by molar-refractivity contribution is -0.142. The van der Waals surface area contributed by atoms with Gasteiger partial charge in [-0.1, -0.05) is 36.9 Å². The Balaban J connectivity index is 1.54. The van der Waals surface area contributed by atoms with Gasteiger partial charge in [0.25, 0.3) is 0 Å². The summed E-state index contributed by atoms with van der Waals surface area (Å²) in [4.78, 5) is 34.0. The summed E-state index contributed by atoms with van der Waals surface area (Å²) in [7, 11) is 1.76. The van der Waals surface area contributed by atoms with E-state index in [1.807, 2.05) is 12.1 Å². The van der Waals surface area contributed by atoms with Crippen LogP contribution in [-0.2, 0) is 21.4 Å². The fourth-order valence-electron chi connectivity index (χ4n) is 6.18. The Bertz CT molecular complexity index is 1170. The van der Waals surface area contributed by atoms with Gasteiger partial charge in [0.05, 0.1) is 12.3 Å². The minimum absolute atomic E-state index is 0.101. The van der Waals surface area contributed by atoms with Gasteiger partial charge in [-0.15, -0.1) is 0 Å². The number of carbonyl (C=O) groups excluding carboxylic acids is 1. The van der Waals surface area contributed by atoms with Crippen molar-refractivity contribution in [1.29, 1.82) is 0 Å². The maximum absolute atomic E-state index is 12.8. The molecule has 7 nitrogen and oxygen atoms in total. The summed E-state index contributed by atoms with van der Waals surface area (Å²) >= 11 is 6.34. The lowest BCUT2D eigenvalue weighted by atomic mass is 9.70. The molecule has 37 heavy (non-hydrogen) atoms. The molecular formula is C29H36ClN3O4. The number of hydrogen-bond donors (Lipinski definition) is 1. The van der Waals surface area contributed by atoms with Crippen LogP contribution < -0.4 is 9.64 Å². The van der Waals surface area contributed by atoms with Gasteiger partial charge in [0.15, 0.2) is 11.6 Å². The smallest absolute Gasteiger partial charge is 0.313 e. The van der Waals surface area contributed by atoms with Crippen LogP contribution in [0.5, 0.6) is 5.75 Å². The molecular weight excluding hydrogens is 490 g/mol. The Kier molecular flexibility index (Phi) is 7.61. The third-order valence-electron chi connectivity index (χ3n) is 8.28. The van der Waals surface area contributed by atoms with Crippen LogP contribution in [0.15, 0.2) is 30.3 Å². The van der Waals surface area contributed by atoms with Crippen LogP contribution in [0.25, 0.3) is 0 Å². The summed E-state index contributed by atoms with van der Waals surface area (Å²) in [5, 5.41) is 10.8. The molecule has 0 saturated carbocycles. The van der Waals surface area contributed by atoms with Crippen molar-refractivity contribution in [1.82, 2.24) is 9.88 Å². The van der Waals surface area contributed by atoms with Crippen molar-refractivity contribution in [2.24, 2.45) is 0 Å².